The molecule has 0 heterocycles. The van der Waals surface area contributed by atoms with Crippen molar-refractivity contribution in [1.29, 1.82) is 0 Å². The zero-order chi connectivity index (χ0) is 29.8. The van der Waals surface area contributed by atoms with Crippen molar-refractivity contribution >= 4 is 21.6 Å². The number of anilines is 1. The molecule has 3 aromatic rings. The van der Waals surface area contributed by atoms with Crippen LogP contribution in [0, 0.1) is 13.8 Å². The van der Waals surface area contributed by atoms with Crippen LogP contribution in [0.1, 0.15) is 59.3 Å². The van der Waals surface area contributed by atoms with Crippen molar-refractivity contribution in [1.82, 2.24) is 5.32 Å². The molecule has 40 heavy (non-hydrogen) atoms. The molecule has 216 valence electrons. The molecule has 0 aliphatic carbocycles. The van der Waals surface area contributed by atoms with Crippen LogP contribution in [0.25, 0.3) is 0 Å². The summed E-state index contributed by atoms with van der Waals surface area (Å²) >= 11 is 0. The first-order chi connectivity index (χ1) is 18.5. The van der Waals surface area contributed by atoms with Crippen molar-refractivity contribution < 1.29 is 28.5 Å². The second kappa shape index (κ2) is 12.3. The summed E-state index contributed by atoms with van der Waals surface area (Å²) < 4.78 is 25.4. The lowest BCUT2D eigenvalue weighted by atomic mass is 9.85. The van der Waals surface area contributed by atoms with Crippen LogP contribution in [0.4, 0.5) is 5.69 Å². The first kappa shape index (κ1) is 30.9. The maximum atomic E-state index is 12.5. The number of aryl methyl sites for hydroxylation is 2. The van der Waals surface area contributed by atoms with Gasteiger partial charge in [-0.05, 0) is 98.2 Å². The average molecular weight is 570 g/mol. The zero-order valence-electron chi connectivity index (χ0n) is 23.5. The highest BCUT2D eigenvalue weighted by molar-refractivity contribution is 7.92. The highest BCUT2D eigenvalue weighted by Gasteiger charge is 2.24. The SMILES string of the molecule is Cc1cc(O)cc(C)c1CC(C(N)=O)c1cccc(CC(C)(C)NC[C@H](O)c2ccc(O)c(NS(C)(=O)=O)c2)c1. The summed E-state index contributed by atoms with van der Waals surface area (Å²) in [5.41, 5.74) is 10.4. The number of aliphatic hydroxyl groups is 1. The lowest BCUT2D eigenvalue weighted by molar-refractivity contribution is -0.119. The van der Waals surface area contributed by atoms with Crippen molar-refractivity contribution in [2.75, 3.05) is 17.5 Å². The van der Waals surface area contributed by atoms with E-state index in [-0.39, 0.29) is 23.7 Å². The summed E-state index contributed by atoms with van der Waals surface area (Å²) in [7, 11) is -3.60. The standard InChI is InChI=1S/C30H39N3O6S/c1-18-11-23(34)12-19(2)24(18)15-25(29(31)37)21-8-6-7-20(13-21)16-30(3,4)32-17-28(36)22-9-10-27(35)26(14-22)33-40(5,38)39/h6-14,25,28,32-36H,15-17H2,1-5H3,(H2,31,37)/t25?,28-/m0/s1. The normalized spacial score (nSPS) is 13.6. The third kappa shape index (κ3) is 8.45. The van der Waals surface area contributed by atoms with Crippen molar-refractivity contribution in [2.45, 2.75) is 58.1 Å². The molecule has 10 heteroatoms. The van der Waals surface area contributed by atoms with E-state index in [1.165, 1.54) is 18.2 Å². The number of amides is 1. The number of nitrogens with two attached hydrogens (primary N) is 1. The second-order valence-corrected chi connectivity index (χ2v) is 12.8. The van der Waals surface area contributed by atoms with Gasteiger partial charge in [-0.15, -0.1) is 0 Å². The van der Waals surface area contributed by atoms with Gasteiger partial charge in [-0.3, -0.25) is 9.52 Å². The molecular weight excluding hydrogens is 530 g/mol. The fourth-order valence-corrected chi connectivity index (χ4v) is 5.47. The number of carbonyl (C=O) groups is 1. The van der Waals surface area contributed by atoms with E-state index in [1.807, 2.05) is 52.0 Å². The van der Waals surface area contributed by atoms with Crippen LogP contribution in [-0.4, -0.2) is 48.0 Å². The molecule has 0 aliphatic heterocycles. The number of phenols is 2. The Bertz CT molecular complexity index is 1460. The molecule has 3 rings (SSSR count). The molecular formula is C30H39N3O6S. The molecule has 0 saturated carbocycles. The summed E-state index contributed by atoms with van der Waals surface area (Å²) in [4.78, 5) is 12.5. The zero-order valence-corrected chi connectivity index (χ0v) is 24.3. The van der Waals surface area contributed by atoms with E-state index >= 15 is 0 Å². The maximum Gasteiger partial charge on any atom is 0.229 e. The summed E-state index contributed by atoms with van der Waals surface area (Å²) in [5.74, 6) is -1.01. The minimum Gasteiger partial charge on any atom is -0.508 e. The van der Waals surface area contributed by atoms with E-state index in [0.717, 1.165) is 34.1 Å². The number of primary amides is 1. The molecule has 2 atom stereocenters. The number of carbonyl (C=O) groups excluding carboxylic acids is 1. The van der Waals surface area contributed by atoms with Gasteiger partial charge in [0, 0.05) is 12.1 Å². The molecule has 1 unspecified atom stereocenters. The molecule has 0 aromatic heterocycles. The van der Waals surface area contributed by atoms with Gasteiger partial charge in [0.2, 0.25) is 15.9 Å². The van der Waals surface area contributed by atoms with Gasteiger partial charge < -0.3 is 26.4 Å². The van der Waals surface area contributed by atoms with Crippen LogP contribution in [-0.2, 0) is 27.7 Å². The minimum absolute atomic E-state index is 0.00294. The van der Waals surface area contributed by atoms with Crippen LogP contribution in [0.15, 0.2) is 54.6 Å². The highest BCUT2D eigenvalue weighted by Crippen LogP contribution is 2.30. The fourth-order valence-electron chi connectivity index (χ4n) is 4.91. The van der Waals surface area contributed by atoms with E-state index in [4.69, 9.17) is 5.73 Å². The van der Waals surface area contributed by atoms with Crippen LogP contribution in [0.2, 0.25) is 0 Å². The number of hydrogen-bond donors (Lipinski definition) is 6. The number of rotatable bonds is 12. The minimum atomic E-state index is -3.60. The maximum absolute atomic E-state index is 12.5. The topological polar surface area (TPSA) is 162 Å². The van der Waals surface area contributed by atoms with Crippen molar-refractivity contribution in [2.24, 2.45) is 5.73 Å². The molecule has 0 fully saturated rings. The Labute approximate surface area is 236 Å². The Hall–Kier alpha value is -3.60. The Morgan fingerprint density at radius 1 is 1.00 bits per heavy atom. The van der Waals surface area contributed by atoms with Gasteiger partial charge in [-0.25, -0.2) is 8.42 Å². The molecule has 9 nitrogen and oxygen atoms in total. The molecule has 3 aromatic carbocycles. The molecule has 7 N–H and O–H groups in total. The Morgan fingerprint density at radius 2 is 1.65 bits per heavy atom. The lowest BCUT2D eigenvalue weighted by Gasteiger charge is -2.29. The number of benzene rings is 3. The third-order valence-corrected chi connectivity index (χ3v) is 7.50. The smallest absolute Gasteiger partial charge is 0.229 e. The van der Waals surface area contributed by atoms with E-state index in [0.29, 0.717) is 18.4 Å². The predicted molar refractivity (Wildman–Crippen MR) is 157 cm³/mol. The Balaban J connectivity index is 1.72. The van der Waals surface area contributed by atoms with E-state index in [2.05, 4.69) is 10.0 Å². The van der Waals surface area contributed by atoms with Gasteiger partial charge in [0.1, 0.15) is 11.5 Å². The molecule has 0 aliphatic rings. The van der Waals surface area contributed by atoms with Crippen molar-refractivity contribution in [3.05, 3.63) is 88.0 Å². The number of aromatic hydroxyl groups is 2. The van der Waals surface area contributed by atoms with Crippen LogP contribution >= 0.6 is 0 Å². The number of nitrogens with one attached hydrogen (secondary N) is 2. The molecule has 1 amide bonds. The van der Waals surface area contributed by atoms with Crippen LogP contribution in [0.3, 0.4) is 0 Å². The van der Waals surface area contributed by atoms with Gasteiger partial charge in [-0.2, -0.15) is 0 Å². The number of hydrogen-bond acceptors (Lipinski definition) is 7. The van der Waals surface area contributed by atoms with Gasteiger partial charge in [-0.1, -0.05) is 30.3 Å². The Kier molecular flexibility index (Phi) is 9.50. The third-order valence-electron chi connectivity index (χ3n) is 6.91. The summed E-state index contributed by atoms with van der Waals surface area (Å²) in [5, 5.41) is 33.9. The first-order valence-electron chi connectivity index (χ1n) is 13.0. The summed E-state index contributed by atoms with van der Waals surface area (Å²) in [6, 6.07) is 15.4. The molecule has 0 bridgehead atoms. The van der Waals surface area contributed by atoms with Crippen LogP contribution in [0.5, 0.6) is 11.5 Å². The second-order valence-electron chi connectivity index (χ2n) is 11.1. The molecule has 0 saturated heterocycles. The predicted octanol–water partition coefficient (Wildman–Crippen LogP) is 3.54. The van der Waals surface area contributed by atoms with Gasteiger partial charge in [0.25, 0.3) is 0 Å². The van der Waals surface area contributed by atoms with Crippen LogP contribution < -0.4 is 15.8 Å². The fraction of sp³-hybridized carbons (Fsp3) is 0.367. The summed E-state index contributed by atoms with van der Waals surface area (Å²) in [6.07, 6.45) is 1.04. The van der Waals surface area contributed by atoms with Gasteiger partial charge >= 0.3 is 0 Å². The first-order valence-corrected chi connectivity index (χ1v) is 14.8. The quantitative estimate of drug-likeness (QED) is 0.182. The highest BCUT2D eigenvalue weighted by atomic mass is 32.2. The Morgan fingerprint density at radius 3 is 2.25 bits per heavy atom. The monoisotopic (exact) mass is 569 g/mol. The number of aliphatic hydroxyl groups excluding tert-OH is 1. The van der Waals surface area contributed by atoms with E-state index < -0.39 is 33.5 Å². The largest absolute Gasteiger partial charge is 0.508 e. The van der Waals surface area contributed by atoms with E-state index in [1.54, 1.807) is 12.1 Å². The van der Waals surface area contributed by atoms with Crippen molar-refractivity contribution in [3.63, 3.8) is 0 Å². The van der Waals surface area contributed by atoms with Crippen molar-refractivity contribution in [3.8, 4) is 11.5 Å². The molecule has 0 radical (unpaired) electrons. The summed E-state index contributed by atoms with van der Waals surface area (Å²) in [6.45, 7) is 7.98. The lowest BCUT2D eigenvalue weighted by Crippen LogP contribution is -2.43. The molecule has 0 spiro atoms. The number of phenolic OH excluding ortho intramolecular Hbond substituents is 2. The number of β-amino-alcohol motifs (C(OH)–C–C–N with tert-alkyl or cyclic N) is 1. The van der Waals surface area contributed by atoms with Gasteiger partial charge in [0.15, 0.2) is 0 Å². The van der Waals surface area contributed by atoms with Gasteiger partial charge in [0.05, 0.1) is 24.0 Å². The average Bonchev–Trinajstić information content (AvgIpc) is 2.82. The number of sulfonamides is 1. The van der Waals surface area contributed by atoms with E-state index in [9.17, 15) is 28.5 Å².